The predicted octanol–water partition coefficient (Wildman–Crippen LogP) is 5.31. The van der Waals surface area contributed by atoms with Crippen molar-refractivity contribution < 1.29 is 9.47 Å². The molecule has 130 valence electrons. The van der Waals surface area contributed by atoms with Crippen LogP contribution in [0, 0.1) is 29.6 Å². The molecule has 2 saturated carbocycles. The second-order valence-electron chi connectivity index (χ2n) is 8.30. The molecule has 0 aromatic carbocycles. The highest BCUT2D eigenvalue weighted by Crippen LogP contribution is 2.41. The van der Waals surface area contributed by atoms with E-state index in [1.54, 1.807) is 0 Å². The summed E-state index contributed by atoms with van der Waals surface area (Å²) in [6.07, 6.45) is 11.8. The van der Waals surface area contributed by atoms with Crippen LogP contribution in [0.4, 0.5) is 0 Å². The number of rotatable bonds is 6. The van der Waals surface area contributed by atoms with Crippen LogP contribution in [0.1, 0.15) is 72.1 Å². The lowest BCUT2D eigenvalue weighted by molar-refractivity contribution is -0.0262. The Balaban J connectivity index is 1.89. The Bertz CT molecular complexity index is 315. The van der Waals surface area contributed by atoms with Crippen LogP contribution in [0.15, 0.2) is 0 Å². The first-order chi connectivity index (χ1) is 10.6. The lowest BCUT2D eigenvalue weighted by atomic mass is 9.69. The Morgan fingerprint density at radius 2 is 1.45 bits per heavy atom. The van der Waals surface area contributed by atoms with Gasteiger partial charge >= 0.3 is 0 Å². The molecule has 0 aliphatic heterocycles. The van der Waals surface area contributed by atoms with E-state index in [9.17, 15) is 0 Å². The number of hydrogen-bond acceptors (Lipinski definition) is 2. The SMILES string of the molecule is COC1CCC(CC(C)[C@@H]2CCCC[C@@H]2OC)CC1C(C)C. The Morgan fingerprint density at radius 1 is 0.818 bits per heavy atom. The zero-order chi connectivity index (χ0) is 16.1. The summed E-state index contributed by atoms with van der Waals surface area (Å²) < 4.78 is 11.5. The maximum absolute atomic E-state index is 5.79. The molecule has 0 N–H and O–H groups in total. The number of hydrogen-bond donors (Lipinski definition) is 0. The summed E-state index contributed by atoms with van der Waals surface area (Å²) in [4.78, 5) is 0. The maximum Gasteiger partial charge on any atom is 0.0602 e. The smallest absolute Gasteiger partial charge is 0.0602 e. The van der Waals surface area contributed by atoms with Crippen LogP contribution < -0.4 is 0 Å². The summed E-state index contributed by atoms with van der Waals surface area (Å²) in [6.45, 7) is 7.21. The van der Waals surface area contributed by atoms with E-state index in [0.717, 1.165) is 29.6 Å². The van der Waals surface area contributed by atoms with E-state index >= 15 is 0 Å². The van der Waals surface area contributed by atoms with E-state index in [1.807, 2.05) is 14.2 Å². The van der Waals surface area contributed by atoms with E-state index in [1.165, 1.54) is 51.4 Å². The van der Waals surface area contributed by atoms with Gasteiger partial charge in [-0.05, 0) is 68.1 Å². The van der Waals surface area contributed by atoms with Gasteiger partial charge in [0.15, 0.2) is 0 Å². The van der Waals surface area contributed by atoms with Crippen LogP contribution in [0.2, 0.25) is 0 Å². The van der Waals surface area contributed by atoms with Gasteiger partial charge in [-0.2, -0.15) is 0 Å². The Kier molecular flexibility index (Phi) is 7.21. The molecule has 0 bridgehead atoms. The Hall–Kier alpha value is -0.0800. The lowest BCUT2D eigenvalue weighted by Gasteiger charge is -2.41. The second-order valence-corrected chi connectivity index (χ2v) is 8.30. The van der Waals surface area contributed by atoms with Crippen LogP contribution in [-0.2, 0) is 9.47 Å². The van der Waals surface area contributed by atoms with E-state index in [4.69, 9.17) is 9.47 Å². The molecule has 0 heterocycles. The first kappa shape index (κ1) is 18.3. The third-order valence-electron chi connectivity index (χ3n) is 6.59. The number of methoxy groups -OCH3 is 2. The lowest BCUT2D eigenvalue weighted by Crippen LogP contribution is -2.36. The highest BCUT2D eigenvalue weighted by atomic mass is 16.5. The monoisotopic (exact) mass is 310 g/mol. The van der Waals surface area contributed by atoms with Crippen LogP contribution in [0.25, 0.3) is 0 Å². The minimum absolute atomic E-state index is 0.493. The highest BCUT2D eigenvalue weighted by molar-refractivity contribution is 4.86. The molecule has 0 saturated heterocycles. The quantitative estimate of drug-likeness (QED) is 0.662. The third-order valence-corrected chi connectivity index (χ3v) is 6.59. The molecule has 2 aliphatic rings. The summed E-state index contributed by atoms with van der Waals surface area (Å²) in [5, 5.41) is 0. The molecular weight excluding hydrogens is 272 g/mol. The molecule has 4 unspecified atom stereocenters. The zero-order valence-corrected chi connectivity index (χ0v) is 15.5. The molecule has 22 heavy (non-hydrogen) atoms. The van der Waals surface area contributed by atoms with E-state index < -0.39 is 0 Å². The van der Waals surface area contributed by atoms with Crippen molar-refractivity contribution in [1.29, 1.82) is 0 Å². The first-order valence-electron chi connectivity index (χ1n) is 9.62. The van der Waals surface area contributed by atoms with Crippen molar-refractivity contribution in [3.63, 3.8) is 0 Å². The average molecular weight is 311 g/mol. The van der Waals surface area contributed by atoms with Gasteiger partial charge in [0.1, 0.15) is 0 Å². The first-order valence-corrected chi connectivity index (χ1v) is 9.62. The number of ether oxygens (including phenoxy) is 2. The summed E-state index contributed by atoms with van der Waals surface area (Å²) in [7, 11) is 3.81. The van der Waals surface area contributed by atoms with Gasteiger partial charge in [0, 0.05) is 14.2 Å². The fraction of sp³-hybridized carbons (Fsp3) is 1.00. The van der Waals surface area contributed by atoms with Gasteiger partial charge in [0.25, 0.3) is 0 Å². The summed E-state index contributed by atoms with van der Waals surface area (Å²) in [5.74, 6) is 3.98. The molecule has 2 aliphatic carbocycles. The van der Waals surface area contributed by atoms with Crippen molar-refractivity contribution >= 4 is 0 Å². The van der Waals surface area contributed by atoms with Gasteiger partial charge in [0.05, 0.1) is 12.2 Å². The van der Waals surface area contributed by atoms with Crippen LogP contribution in [0.5, 0.6) is 0 Å². The highest BCUT2D eigenvalue weighted by Gasteiger charge is 2.35. The summed E-state index contributed by atoms with van der Waals surface area (Å²) in [5.41, 5.74) is 0. The van der Waals surface area contributed by atoms with E-state index in [0.29, 0.717) is 12.2 Å². The van der Waals surface area contributed by atoms with Gasteiger partial charge in [-0.25, -0.2) is 0 Å². The fourth-order valence-electron chi connectivity index (χ4n) is 5.25. The summed E-state index contributed by atoms with van der Waals surface area (Å²) in [6, 6.07) is 0. The van der Waals surface area contributed by atoms with Crippen LogP contribution in [0.3, 0.4) is 0 Å². The average Bonchev–Trinajstić information content (AvgIpc) is 2.54. The van der Waals surface area contributed by atoms with Crippen molar-refractivity contribution in [3.8, 4) is 0 Å². The molecule has 2 nitrogen and oxygen atoms in total. The van der Waals surface area contributed by atoms with Crippen molar-refractivity contribution in [2.45, 2.75) is 84.3 Å². The van der Waals surface area contributed by atoms with Crippen molar-refractivity contribution in [3.05, 3.63) is 0 Å². The molecule has 0 spiro atoms. The van der Waals surface area contributed by atoms with Crippen molar-refractivity contribution in [2.24, 2.45) is 29.6 Å². The predicted molar refractivity (Wildman–Crippen MR) is 93.0 cm³/mol. The van der Waals surface area contributed by atoms with Crippen LogP contribution >= 0.6 is 0 Å². The van der Waals surface area contributed by atoms with Gasteiger partial charge < -0.3 is 9.47 Å². The molecule has 0 radical (unpaired) electrons. The molecule has 2 fully saturated rings. The van der Waals surface area contributed by atoms with E-state index in [2.05, 4.69) is 20.8 Å². The Labute approximate surface area is 138 Å². The second kappa shape index (κ2) is 8.68. The molecular formula is C20H38O2. The standard InChI is InChI=1S/C20H38O2/c1-14(2)18-13-16(10-11-20(18)22-5)12-15(3)17-8-6-7-9-19(17)21-4/h14-20H,6-13H2,1-5H3/t15?,16?,17-,18?,19-,20?/m0/s1. The molecule has 2 rings (SSSR count). The van der Waals surface area contributed by atoms with Crippen LogP contribution in [-0.4, -0.2) is 26.4 Å². The van der Waals surface area contributed by atoms with Gasteiger partial charge in [-0.3, -0.25) is 0 Å². The van der Waals surface area contributed by atoms with Crippen molar-refractivity contribution in [2.75, 3.05) is 14.2 Å². The Morgan fingerprint density at radius 3 is 2.09 bits per heavy atom. The van der Waals surface area contributed by atoms with Gasteiger partial charge in [0.2, 0.25) is 0 Å². The molecule has 2 heteroatoms. The maximum atomic E-state index is 5.79. The molecule has 0 aromatic heterocycles. The minimum Gasteiger partial charge on any atom is -0.381 e. The van der Waals surface area contributed by atoms with Crippen molar-refractivity contribution in [1.82, 2.24) is 0 Å². The molecule has 6 atom stereocenters. The van der Waals surface area contributed by atoms with Gasteiger partial charge in [-0.15, -0.1) is 0 Å². The van der Waals surface area contributed by atoms with Gasteiger partial charge in [-0.1, -0.05) is 33.6 Å². The molecule has 0 aromatic rings. The largest absolute Gasteiger partial charge is 0.381 e. The normalized spacial score (nSPS) is 38.2. The van der Waals surface area contributed by atoms with E-state index in [-0.39, 0.29) is 0 Å². The zero-order valence-electron chi connectivity index (χ0n) is 15.5. The minimum atomic E-state index is 0.493. The third kappa shape index (κ3) is 4.47. The topological polar surface area (TPSA) is 18.5 Å². The summed E-state index contributed by atoms with van der Waals surface area (Å²) >= 11 is 0. The molecule has 0 amide bonds. The fourth-order valence-corrected chi connectivity index (χ4v) is 5.25.